The van der Waals surface area contributed by atoms with Gasteiger partial charge in [-0.1, -0.05) is 42.5 Å². The zero-order chi connectivity index (χ0) is 22.0. The Morgan fingerprint density at radius 2 is 1.52 bits per heavy atom. The first-order valence-corrected chi connectivity index (χ1v) is 9.74. The SMILES string of the molecule is CN(C(=O)Cn1c(=O)n(Cc2ccc(F)cc2)c(=O)c2ccccc21)c1ccccc1. The monoisotopic (exact) mass is 417 g/mol. The molecule has 0 radical (unpaired) electrons. The van der Waals surface area contributed by atoms with E-state index in [0.29, 0.717) is 22.2 Å². The van der Waals surface area contributed by atoms with E-state index in [1.165, 1.54) is 33.7 Å². The molecular weight excluding hydrogens is 397 g/mol. The molecule has 0 bridgehead atoms. The Morgan fingerprint density at radius 1 is 0.871 bits per heavy atom. The Kier molecular flexibility index (Phi) is 5.49. The molecule has 4 aromatic rings. The molecule has 0 aliphatic rings. The summed E-state index contributed by atoms with van der Waals surface area (Å²) in [6.07, 6.45) is 0. The van der Waals surface area contributed by atoms with Gasteiger partial charge in [0.15, 0.2) is 0 Å². The minimum absolute atomic E-state index is 0.0223. The molecule has 0 atom stereocenters. The highest BCUT2D eigenvalue weighted by Crippen LogP contribution is 2.13. The lowest BCUT2D eigenvalue weighted by Crippen LogP contribution is -2.43. The molecule has 31 heavy (non-hydrogen) atoms. The number of likely N-dealkylation sites (N-methyl/N-ethyl adjacent to an activating group) is 1. The maximum Gasteiger partial charge on any atom is 0.332 e. The number of hydrogen-bond donors (Lipinski definition) is 0. The Bertz CT molecular complexity index is 1360. The van der Waals surface area contributed by atoms with Gasteiger partial charge < -0.3 is 4.90 Å². The fourth-order valence-corrected chi connectivity index (χ4v) is 3.47. The zero-order valence-corrected chi connectivity index (χ0v) is 16.9. The van der Waals surface area contributed by atoms with Crippen LogP contribution < -0.4 is 16.1 Å². The van der Waals surface area contributed by atoms with Gasteiger partial charge in [-0.3, -0.25) is 18.7 Å². The number of benzene rings is 3. The molecule has 0 spiro atoms. The quantitative estimate of drug-likeness (QED) is 0.502. The molecule has 3 aromatic carbocycles. The van der Waals surface area contributed by atoms with Crippen molar-refractivity contribution in [3.05, 3.63) is 111 Å². The van der Waals surface area contributed by atoms with Gasteiger partial charge in [0.25, 0.3) is 5.56 Å². The van der Waals surface area contributed by atoms with E-state index in [-0.39, 0.29) is 19.0 Å². The fraction of sp³-hybridized carbons (Fsp3) is 0.125. The second kappa shape index (κ2) is 8.39. The van der Waals surface area contributed by atoms with Gasteiger partial charge in [0, 0.05) is 12.7 Å². The van der Waals surface area contributed by atoms with Crippen LogP contribution in [0.2, 0.25) is 0 Å². The summed E-state index contributed by atoms with van der Waals surface area (Å²) in [7, 11) is 1.64. The van der Waals surface area contributed by atoms with Crippen molar-refractivity contribution >= 4 is 22.5 Å². The molecule has 156 valence electrons. The van der Waals surface area contributed by atoms with Crippen molar-refractivity contribution in [3.63, 3.8) is 0 Å². The number of hydrogen-bond acceptors (Lipinski definition) is 3. The van der Waals surface area contributed by atoms with Gasteiger partial charge in [-0.15, -0.1) is 0 Å². The maximum atomic E-state index is 13.3. The third kappa shape index (κ3) is 4.02. The molecule has 0 saturated carbocycles. The van der Waals surface area contributed by atoms with Gasteiger partial charge in [0.05, 0.1) is 17.4 Å². The Balaban J connectivity index is 1.79. The summed E-state index contributed by atoms with van der Waals surface area (Å²) in [4.78, 5) is 40.7. The highest BCUT2D eigenvalue weighted by atomic mass is 19.1. The molecule has 0 saturated heterocycles. The molecule has 0 aliphatic carbocycles. The molecular formula is C24H20FN3O3. The summed E-state index contributed by atoms with van der Waals surface area (Å²) in [5.41, 5.74) is 0.648. The maximum absolute atomic E-state index is 13.3. The average Bonchev–Trinajstić information content (AvgIpc) is 2.80. The fourth-order valence-electron chi connectivity index (χ4n) is 3.47. The number of carbonyl (C=O) groups excluding carboxylic acids is 1. The van der Waals surface area contributed by atoms with E-state index in [1.807, 2.05) is 18.2 Å². The number of nitrogens with zero attached hydrogens (tertiary/aromatic N) is 3. The first-order valence-electron chi connectivity index (χ1n) is 9.74. The lowest BCUT2D eigenvalue weighted by atomic mass is 10.2. The number of fused-ring (bicyclic) bond motifs is 1. The summed E-state index contributed by atoms with van der Waals surface area (Å²) in [6, 6.07) is 21.4. The predicted octanol–water partition coefficient (Wildman–Crippen LogP) is 3.01. The minimum atomic E-state index is -0.595. The highest BCUT2D eigenvalue weighted by Gasteiger charge is 2.18. The van der Waals surface area contributed by atoms with Gasteiger partial charge >= 0.3 is 5.69 Å². The molecule has 0 fully saturated rings. The van der Waals surface area contributed by atoms with Crippen molar-refractivity contribution in [1.29, 1.82) is 0 Å². The van der Waals surface area contributed by atoms with Crippen LogP contribution in [0, 0.1) is 5.82 Å². The van der Waals surface area contributed by atoms with Gasteiger partial charge in [-0.25, -0.2) is 9.18 Å². The second-order valence-electron chi connectivity index (χ2n) is 7.19. The van der Waals surface area contributed by atoms with Crippen molar-refractivity contribution in [3.8, 4) is 0 Å². The number of amides is 1. The number of rotatable bonds is 5. The van der Waals surface area contributed by atoms with Crippen LogP contribution in [-0.2, 0) is 17.9 Å². The third-order valence-electron chi connectivity index (χ3n) is 5.20. The van der Waals surface area contributed by atoms with Crippen LogP contribution in [0.4, 0.5) is 10.1 Å². The van der Waals surface area contributed by atoms with Crippen LogP contribution in [0.15, 0.2) is 88.5 Å². The predicted molar refractivity (Wildman–Crippen MR) is 118 cm³/mol. The van der Waals surface area contributed by atoms with Crippen LogP contribution in [0.1, 0.15) is 5.56 Å². The lowest BCUT2D eigenvalue weighted by Gasteiger charge is -2.19. The van der Waals surface area contributed by atoms with Crippen molar-refractivity contribution in [2.75, 3.05) is 11.9 Å². The molecule has 1 amide bonds. The van der Waals surface area contributed by atoms with E-state index in [2.05, 4.69) is 0 Å². The molecule has 0 unspecified atom stereocenters. The first kappa shape index (κ1) is 20.3. The lowest BCUT2D eigenvalue weighted by molar-refractivity contribution is -0.118. The van der Waals surface area contributed by atoms with E-state index in [4.69, 9.17) is 0 Å². The summed E-state index contributed by atoms with van der Waals surface area (Å²) in [5, 5.41) is 0.333. The number of carbonyl (C=O) groups is 1. The topological polar surface area (TPSA) is 64.3 Å². The van der Waals surface area contributed by atoms with Crippen molar-refractivity contribution in [2.45, 2.75) is 13.1 Å². The van der Waals surface area contributed by atoms with Crippen LogP contribution in [-0.4, -0.2) is 22.1 Å². The third-order valence-corrected chi connectivity index (χ3v) is 5.20. The molecule has 1 heterocycles. The molecule has 1 aromatic heterocycles. The van der Waals surface area contributed by atoms with Crippen LogP contribution in [0.3, 0.4) is 0 Å². The summed E-state index contributed by atoms with van der Waals surface area (Å²) in [6.45, 7) is -0.250. The van der Waals surface area contributed by atoms with Gasteiger partial charge in [0.2, 0.25) is 5.91 Å². The number of anilines is 1. The number of para-hydroxylation sites is 2. The van der Waals surface area contributed by atoms with Crippen LogP contribution in [0.5, 0.6) is 0 Å². The van der Waals surface area contributed by atoms with Crippen LogP contribution >= 0.6 is 0 Å². The van der Waals surface area contributed by atoms with Crippen molar-refractivity contribution in [1.82, 2.24) is 9.13 Å². The number of aromatic nitrogens is 2. The molecule has 7 heteroatoms. The highest BCUT2D eigenvalue weighted by molar-refractivity contribution is 5.93. The summed E-state index contributed by atoms with van der Waals surface area (Å²) < 4.78 is 15.6. The molecule has 6 nitrogen and oxygen atoms in total. The Labute approximate surface area is 177 Å². The van der Waals surface area contributed by atoms with E-state index in [1.54, 1.807) is 43.4 Å². The molecule has 0 N–H and O–H groups in total. The van der Waals surface area contributed by atoms with E-state index in [0.717, 1.165) is 4.57 Å². The van der Waals surface area contributed by atoms with E-state index >= 15 is 0 Å². The Hall–Kier alpha value is -4.00. The number of halogens is 1. The standard InChI is InChI=1S/C24H20FN3O3/c1-26(19-7-3-2-4-8-19)22(29)16-27-21-10-6-5-9-20(21)23(30)28(24(27)31)15-17-11-13-18(25)14-12-17/h2-14H,15-16H2,1H3. The largest absolute Gasteiger partial charge is 0.332 e. The normalized spacial score (nSPS) is 10.9. The van der Waals surface area contributed by atoms with E-state index in [9.17, 15) is 18.8 Å². The molecule has 0 aliphatic heterocycles. The van der Waals surface area contributed by atoms with Gasteiger partial charge in [0.1, 0.15) is 12.4 Å². The Morgan fingerprint density at radius 3 is 2.23 bits per heavy atom. The smallest absolute Gasteiger partial charge is 0.314 e. The van der Waals surface area contributed by atoms with Gasteiger partial charge in [-0.2, -0.15) is 0 Å². The average molecular weight is 417 g/mol. The summed E-state index contributed by atoms with van der Waals surface area (Å²) in [5.74, 6) is -0.702. The minimum Gasteiger partial charge on any atom is -0.314 e. The zero-order valence-electron chi connectivity index (χ0n) is 16.9. The van der Waals surface area contributed by atoms with E-state index < -0.39 is 17.1 Å². The van der Waals surface area contributed by atoms with Crippen molar-refractivity contribution < 1.29 is 9.18 Å². The molecule has 4 rings (SSSR count). The van der Waals surface area contributed by atoms with Gasteiger partial charge in [-0.05, 0) is 42.0 Å². The summed E-state index contributed by atoms with van der Waals surface area (Å²) >= 11 is 0. The van der Waals surface area contributed by atoms with Crippen LogP contribution in [0.25, 0.3) is 10.9 Å². The van der Waals surface area contributed by atoms with Crippen molar-refractivity contribution in [2.24, 2.45) is 0 Å². The first-order chi connectivity index (χ1) is 15.0. The second-order valence-corrected chi connectivity index (χ2v) is 7.19.